The number of benzene rings is 1. The smallest absolute Gasteiger partial charge is 0.311 e. The van der Waals surface area contributed by atoms with Gasteiger partial charge in [0.15, 0.2) is 0 Å². The molecule has 0 amide bonds. The van der Waals surface area contributed by atoms with Crippen LogP contribution in [0.1, 0.15) is 38.8 Å². The minimum atomic E-state index is -0.828. The molecule has 1 aromatic carbocycles. The van der Waals surface area contributed by atoms with Crippen molar-refractivity contribution in [2.75, 3.05) is 39.5 Å². The van der Waals surface area contributed by atoms with Gasteiger partial charge in [-0.25, -0.2) is 0 Å². The van der Waals surface area contributed by atoms with Crippen LogP contribution in [0, 0.1) is 5.92 Å². The number of nitrogens with two attached hydrogens (primary N) is 1. The Balaban J connectivity index is 1.98. The van der Waals surface area contributed by atoms with E-state index in [0.29, 0.717) is 19.8 Å². The maximum Gasteiger partial charge on any atom is 0.311 e. The van der Waals surface area contributed by atoms with E-state index >= 15 is 0 Å². The predicted octanol–water partition coefficient (Wildman–Crippen LogP) is 2.67. The molecule has 0 bridgehead atoms. The molecule has 1 fully saturated rings. The van der Waals surface area contributed by atoms with Crippen LogP contribution in [0.15, 0.2) is 28.7 Å². The van der Waals surface area contributed by atoms with Crippen LogP contribution in [0.25, 0.3) is 0 Å². The lowest BCUT2D eigenvalue weighted by atomic mass is 9.91. The number of carbonyl (C=O) groups excluding carboxylic acids is 2. The van der Waals surface area contributed by atoms with Crippen molar-refractivity contribution in [3.63, 3.8) is 0 Å². The van der Waals surface area contributed by atoms with Gasteiger partial charge in [-0.2, -0.15) is 0 Å². The molecule has 1 heterocycles. The average Bonchev–Trinajstić information content (AvgIpc) is 2.65. The molecule has 29 heavy (non-hydrogen) atoms. The van der Waals surface area contributed by atoms with Crippen molar-refractivity contribution < 1.29 is 23.8 Å². The van der Waals surface area contributed by atoms with Gasteiger partial charge in [0.05, 0.1) is 25.6 Å². The molecule has 8 heteroatoms. The summed E-state index contributed by atoms with van der Waals surface area (Å²) < 4.78 is 17.1. The van der Waals surface area contributed by atoms with E-state index in [4.69, 9.17) is 19.9 Å². The SMILES string of the molecule is CC(C)(C)OC(=O)C(CC(=O)OCCN1CCOCC1)C(N)c1ccc(Br)cc1. The lowest BCUT2D eigenvalue weighted by Gasteiger charge is -2.28. The zero-order valence-electron chi connectivity index (χ0n) is 17.4. The van der Waals surface area contributed by atoms with Gasteiger partial charge in [0.25, 0.3) is 0 Å². The highest BCUT2D eigenvalue weighted by Gasteiger charge is 2.33. The van der Waals surface area contributed by atoms with Crippen molar-refractivity contribution >= 4 is 27.9 Å². The first-order valence-corrected chi connectivity index (χ1v) is 10.6. The van der Waals surface area contributed by atoms with E-state index in [1.807, 2.05) is 24.3 Å². The van der Waals surface area contributed by atoms with E-state index < -0.39 is 29.5 Å². The Kier molecular flexibility index (Phi) is 9.07. The Hall–Kier alpha value is -1.48. The zero-order chi connectivity index (χ0) is 21.4. The molecule has 2 rings (SSSR count). The first-order chi connectivity index (χ1) is 13.7. The van der Waals surface area contributed by atoms with Crippen LogP contribution in [-0.4, -0.2) is 61.9 Å². The second-order valence-electron chi connectivity index (χ2n) is 8.10. The van der Waals surface area contributed by atoms with Crippen molar-refractivity contribution in [3.05, 3.63) is 34.3 Å². The van der Waals surface area contributed by atoms with E-state index in [0.717, 1.165) is 23.1 Å². The quantitative estimate of drug-likeness (QED) is 0.583. The van der Waals surface area contributed by atoms with E-state index in [2.05, 4.69) is 20.8 Å². The highest BCUT2D eigenvalue weighted by Crippen LogP contribution is 2.27. The number of hydrogen-bond acceptors (Lipinski definition) is 7. The molecule has 0 saturated carbocycles. The van der Waals surface area contributed by atoms with Gasteiger partial charge in [-0.3, -0.25) is 14.5 Å². The third-order valence-corrected chi connectivity index (χ3v) is 5.09. The molecule has 2 atom stereocenters. The molecule has 1 saturated heterocycles. The Labute approximate surface area is 181 Å². The number of esters is 2. The molecular formula is C21H31BrN2O5. The molecule has 0 aromatic heterocycles. The second kappa shape index (κ2) is 11.1. The Morgan fingerprint density at radius 3 is 2.41 bits per heavy atom. The molecule has 0 radical (unpaired) electrons. The topological polar surface area (TPSA) is 91.1 Å². The van der Waals surface area contributed by atoms with Crippen LogP contribution in [0.5, 0.6) is 0 Å². The molecule has 2 unspecified atom stereocenters. The molecule has 0 aliphatic carbocycles. The van der Waals surface area contributed by atoms with Crippen LogP contribution < -0.4 is 5.73 Å². The minimum Gasteiger partial charge on any atom is -0.464 e. The van der Waals surface area contributed by atoms with Gasteiger partial charge in [-0.05, 0) is 38.5 Å². The van der Waals surface area contributed by atoms with Gasteiger partial charge in [-0.15, -0.1) is 0 Å². The van der Waals surface area contributed by atoms with Crippen molar-refractivity contribution in [1.82, 2.24) is 4.90 Å². The third-order valence-electron chi connectivity index (χ3n) is 4.56. The van der Waals surface area contributed by atoms with E-state index in [-0.39, 0.29) is 13.0 Å². The first kappa shape index (κ1) is 23.8. The van der Waals surface area contributed by atoms with E-state index in [1.54, 1.807) is 20.8 Å². The predicted molar refractivity (Wildman–Crippen MR) is 113 cm³/mol. The summed E-state index contributed by atoms with van der Waals surface area (Å²) in [4.78, 5) is 27.4. The van der Waals surface area contributed by atoms with Crippen LogP contribution in [0.3, 0.4) is 0 Å². The van der Waals surface area contributed by atoms with Gasteiger partial charge in [0.1, 0.15) is 12.2 Å². The summed E-state index contributed by atoms with van der Waals surface area (Å²) >= 11 is 3.38. The fourth-order valence-electron chi connectivity index (χ4n) is 3.00. The first-order valence-electron chi connectivity index (χ1n) is 9.85. The molecule has 1 aliphatic heterocycles. The van der Waals surface area contributed by atoms with Crippen LogP contribution >= 0.6 is 15.9 Å². The molecule has 1 aliphatic rings. The monoisotopic (exact) mass is 470 g/mol. The lowest BCUT2D eigenvalue weighted by Crippen LogP contribution is -2.39. The summed E-state index contributed by atoms with van der Waals surface area (Å²) in [5.74, 6) is -1.79. The fraction of sp³-hybridized carbons (Fsp3) is 0.619. The number of halogens is 1. The molecule has 7 nitrogen and oxygen atoms in total. The summed E-state index contributed by atoms with van der Waals surface area (Å²) in [5.41, 5.74) is 6.44. The van der Waals surface area contributed by atoms with Crippen molar-refractivity contribution in [2.24, 2.45) is 11.7 Å². The largest absolute Gasteiger partial charge is 0.464 e. The normalized spacial score (nSPS) is 17.4. The lowest BCUT2D eigenvalue weighted by molar-refractivity contribution is -0.165. The van der Waals surface area contributed by atoms with Crippen molar-refractivity contribution in [1.29, 1.82) is 0 Å². The van der Waals surface area contributed by atoms with Gasteiger partial charge in [0.2, 0.25) is 0 Å². The van der Waals surface area contributed by atoms with Crippen molar-refractivity contribution in [3.8, 4) is 0 Å². The highest BCUT2D eigenvalue weighted by atomic mass is 79.9. The van der Waals surface area contributed by atoms with Crippen LogP contribution in [0.4, 0.5) is 0 Å². The number of ether oxygens (including phenoxy) is 3. The van der Waals surface area contributed by atoms with E-state index in [1.165, 1.54) is 0 Å². The summed E-state index contributed by atoms with van der Waals surface area (Å²) in [6, 6.07) is 6.68. The summed E-state index contributed by atoms with van der Waals surface area (Å²) in [6.07, 6.45) is -0.130. The fourth-order valence-corrected chi connectivity index (χ4v) is 3.27. The van der Waals surface area contributed by atoms with Crippen LogP contribution in [-0.2, 0) is 23.8 Å². The maximum absolute atomic E-state index is 12.8. The highest BCUT2D eigenvalue weighted by molar-refractivity contribution is 9.10. The Morgan fingerprint density at radius 2 is 1.83 bits per heavy atom. The number of nitrogens with zero attached hydrogens (tertiary/aromatic N) is 1. The number of morpholine rings is 1. The Morgan fingerprint density at radius 1 is 1.21 bits per heavy atom. The number of hydrogen-bond donors (Lipinski definition) is 1. The molecule has 0 spiro atoms. The molecule has 162 valence electrons. The molecular weight excluding hydrogens is 440 g/mol. The minimum absolute atomic E-state index is 0.130. The second-order valence-corrected chi connectivity index (χ2v) is 9.01. The standard InChI is InChI=1S/C21H31BrN2O5/c1-21(2,3)29-20(26)17(19(23)15-4-6-16(22)7-5-15)14-18(25)28-13-10-24-8-11-27-12-9-24/h4-7,17,19H,8-14,23H2,1-3H3. The number of rotatable bonds is 8. The zero-order valence-corrected chi connectivity index (χ0v) is 18.9. The number of carbonyl (C=O) groups is 2. The third kappa shape index (κ3) is 8.42. The summed E-state index contributed by atoms with van der Waals surface area (Å²) in [6.45, 7) is 9.31. The van der Waals surface area contributed by atoms with E-state index in [9.17, 15) is 9.59 Å². The average molecular weight is 471 g/mol. The van der Waals surface area contributed by atoms with Gasteiger partial charge < -0.3 is 19.9 Å². The van der Waals surface area contributed by atoms with Crippen molar-refractivity contribution in [2.45, 2.75) is 38.8 Å². The maximum atomic E-state index is 12.8. The summed E-state index contributed by atoms with van der Waals surface area (Å²) in [7, 11) is 0. The van der Waals surface area contributed by atoms with Gasteiger partial charge >= 0.3 is 11.9 Å². The molecule has 2 N–H and O–H groups in total. The van der Waals surface area contributed by atoms with Crippen LogP contribution in [0.2, 0.25) is 0 Å². The van der Waals surface area contributed by atoms with Gasteiger partial charge in [-0.1, -0.05) is 28.1 Å². The molecule has 1 aromatic rings. The summed E-state index contributed by atoms with van der Waals surface area (Å²) in [5, 5.41) is 0. The Bertz CT molecular complexity index is 669. The van der Waals surface area contributed by atoms with Gasteiger partial charge in [0, 0.05) is 30.1 Å².